The average molecular weight is 376 g/mol. The van der Waals surface area contributed by atoms with E-state index < -0.39 is 24.1 Å². The summed E-state index contributed by atoms with van der Waals surface area (Å²) in [6.07, 6.45) is 1.21. The fourth-order valence-electron chi connectivity index (χ4n) is 3.16. The molecule has 7 heteroatoms. The molecule has 2 rings (SSSR count). The van der Waals surface area contributed by atoms with E-state index >= 15 is 0 Å². The van der Waals surface area contributed by atoms with E-state index in [2.05, 4.69) is 5.32 Å². The van der Waals surface area contributed by atoms with Crippen molar-refractivity contribution in [3.05, 3.63) is 35.9 Å². The zero-order valence-electron chi connectivity index (χ0n) is 16.1. The summed E-state index contributed by atoms with van der Waals surface area (Å²) in [6.45, 7) is 4.54. The Kier molecular flexibility index (Phi) is 7.64. The van der Waals surface area contributed by atoms with Crippen LogP contribution in [0.3, 0.4) is 0 Å². The van der Waals surface area contributed by atoms with Crippen LogP contribution in [-0.4, -0.2) is 48.6 Å². The van der Waals surface area contributed by atoms with Crippen molar-refractivity contribution in [2.45, 2.75) is 51.8 Å². The van der Waals surface area contributed by atoms with Crippen molar-refractivity contribution in [1.82, 2.24) is 10.2 Å². The topological polar surface area (TPSA) is 84.9 Å². The van der Waals surface area contributed by atoms with E-state index in [0.717, 1.165) is 5.56 Å². The number of likely N-dealkylation sites (tertiary alicyclic amines) is 1. The highest BCUT2D eigenvalue weighted by molar-refractivity contribution is 5.90. The second kappa shape index (κ2) is 9.94. The first kappa shape index (κ1) is 20.7. The highest BCUT2D eigenvalue weighted by Crippen LogP contribution is 2.20. The van der Waals surface area contributed by atoms with Crippen LogP contribution in [0.4, 0.5) is 4.79 Å². The van der Waals surface area contributed by atoms with Crippen molar-refractivity contribution in [1.29, 1.82) is 0 Å². The van der Waals surface area contributed by atoms with Crippen LogP contribution < -0.4 is 5.32 Å². The molecular weight excluding hydrogens is 348 g/mol. The minimum atomic E-state index is -0.717. The summed E-state index contributed by atoms with van der Waals surface area (Å²) in [4.78, 5) is 38.5. The maximum Gasteiger partial charge on any atom is 0.410 e. The number of amides is 2. The number of carbonyl (C=O) groups is 3. The van der Waals surface area contributed by atoms with Crippen LogP contribution in [0.2, 0.25) is 0 Å². The third kappa shape index (κ3) is 5.98. The number of hydrogen-bond donors (Lipinski definition) is 1. The minimum absolute atomic E-state index is 0.155. The van der Waals surface area contributed by atoms with Gasteiger partial charge in [0.05, 0.1) is 7.11 Å². The molecule has 1 aliphatic heterocycles. The van der Waals surface area contributed by atoms with Crippen molar-refractivity contribution >= 4 is 18.0 Å². The zero-order chi connectivity index (χ0) is 19.8. The molecule has 2 amide bonds. The number of benzene rings is 1. The van der Waals surface area contributed by atoms with Gasteiger partial charge in [-0.1, -0.05) is 44.2 Å². The second-order valence-corrected chi connectivity index (χ2v) is 7.11. The van der Waals surface area contributed by atoms with E-state index in [-0.39, 0.29) is 18.4 Å². The highest BCUT2D eigenvalue weighted by atomic mass is 16.6. The molecule has 0 aliphatic carbocycles. The van der Waals surface area contributed by atoms with E-state index in [1.165, 1.54) is 12.0 Å². The van der Waals surface area contributed by atoms with Gasteiger partial charge in [-0.05, 0) is 30.7 Å². The maximum atomic E-state index is 12.7. The van der Waals surface area contributed by atoms with Gasteiger partial charge in [0.15, 0.2) is 0 Å². The number of ether oxygens (including phenoxy) is 2. The molecule has 27 heavy (non-hydrogen) atoms. The Morgan fingerprint density at radius 1 is 1.22 bits per heavy atom. The third-order valence-electron chi connectivity index (χ3n) is 4.50. The van der Waals surface area contributed by atoms with E-state index in [0.29, 0.717) is 25.8 Å². The van der Waals surface area contributed by atoms with Crippen LogP contribution in [0.1, 0.15) is 38.7 Å². The summed E-state index contributed by atoms with van der Waals surface area (Å²) in [5.74, 6) is -0.613. The molecule has 0 spiro atoms. The molecule has 0 saturated carbocycles. The summed E-state index contributed by atoms with van der Waals surface area (Å²) in [5, 5.41) is 2.74. The lowest BCUT2D eigenvalue weighted by atomic mass is 10.0. The van der Waals surface area contributed by atoms with Gasteiger partial charge in [-0.15, -0.1) is 0 Å². The van der Waals surface area contributed by atoms with Crippen molar-refractivity contribution in [3.63, 3.8) is 0 Å². The van der Waals surface area contributed by atoms with Crippen LogP contribution in [0.15, 0.2) is 30.3 Å². The smallest absolute Gasteiger partial charge is 0.410 e. The molecule has 1 heterocycles. The van der Waals surface area contributed by atoms with Crippen molar-refractivity contribution in [2.24, 2.45) is 5.92 Å². The van der Waals surface area contributed by atoms with E-state index in [1.807, 2.05) is 44.2 Å². The SMILES string of the molecule is COC(=O)[C@H](CC(C)C)NC(=O)[C@H]1CCCN1C(=O)OCc1ccccc1. The fourth-order valence-corrected chi connectivity index (χ4v) is 3.16. The molecule has 1 N–H and O–H groups in total. The van der Waals surface area contributed by atoms with E-state index in [1.54, 1.807) is 0 Å². The number of nitrogens with one attached hydrogen (secondary N) is 1. The molecular formula is C20H28N2O5. The van der Waals surface area contributed by atoms with Crippen LogP contribution >= 0.6 is 0 Å². The van der Waals surface area contributed by atoms with Crippen LogP contribution in [-0.2, 0) is 25.7 Å². The Morgan fingerprint density at radius 3 is 2.56 bits per heavy atom. The third-order valence-corrected chi connectivity index (χ3v) is 4.50. The molecule has 1 saturated heterocycles. The van der Waals surface area contributed by atoms with Gasteiger partial charge in [0.2, 0.25) is 5.91 Å². The van der Waals surface area contributed by atoms with Gasteiger partial charge < -0.3 is 14.8 Å². The normalized spacial score (nSPS) is 17.5. The standard InChI is InChI=1S/C20H28N2O5/c1-14(2)12-16(19(24)26-3)21-18(23)17-10-7-11-22(17)20(25)27-13-15-8-5-4-6-9-15/h4-6,8-9,14,16-17H,7,10-13H2,1-3H3,(H,21,23)/t16-,17+/m0/s1. The summed E-state index contributed by atoms with van der Waals surface area (Å²) in [6, 6.07) is 8.02. The Hall–Kier alpha value is -2.57. The Balaban J connectivity index is 1.95. The maximum absolute atomic E-state index is 12.7. The average Bonchev–Trinajstić information content (AvgIpc) is 3.15. The lowest BCUT2D eigenvalue weighted by Gasteiger charge is -2.26. The van der Waals surface area contributed by atoms with Crippen molar-refractivity contribution in [3.8, 4) is 0 Å². The molecule has 2 atom stereocenters. The van der Waals surface area contributed by atoms with Crippen LogP contribution in [0, 0.1) is 5.92 Å². The lowest BCUT2D eigenvalue weighted by molar-refractivity contribution is -0.146. The van der Waals surface area contributed by atoms with Crippen LogP contribution in [0.25, 0.3) is 0 Å². The number of hydrogen-bond acceptors (Lipinski definition) is 5. The number of methoxy groups -OCH3 is 1. The first-order valence-electron chi connectivity index (χ1n) is 9.28. The molecule has 1 aliphatic rings. The van der Waals surface area contributed by atoms with Crippen molar-refractivity contribution in [2.75, 3.05) is 13.7 Å². The molecule has 1 aromatic carbocycles. The first-order valence-corrected chi connectivity index (χ1v) is 9.28. The monoisotopic (exact) mass is 376 g/mol. The van der Waals surface area contributed by atoms with Crippen molar-refractivity contribution < 1.29 is 23.9 Å². The summed E-state index contributed by atoms with van der Waals surface area (Å²) >= 11 is 0. The van der Waals surface area contributed by atoms with Gasteiger partial charge in [-0.25, -0.2) is 9.59 Å². The molecule has 0 aromatic heterocycles. The largest absolute Gasteiger partial charge is 0.467 e. The first-order chi connectivity index (χ1) is 12.9. The van der Waals surface area contributed by atoms with Crippen LogP contribution in [0.5, 0.6) is 0 Å². The van der Waals surface area contributed by atoms with Gasteiger partial charge in [-0.3, -0.25) is 9.69 Å². The summed E-state index contributed by atoms with van der Waals surface area (Å²) in [5.41, 5.74) is 0.883. The minimum Gasteiger partial charge on any atom is -0.467 e. The second-order valence-electron chi connectivity index (χ2n) is 7.11. The number of carbonyl (C=O) groups excluding carboxylic acids is 3. The van der Waals surface area contributed by atoms with Gasteiger partial charge in [0, 0.05) is 6.54 Å². The summed E-state index contributed by atoms with van der Waals surface area (Å²) < 4.78 is 10.1. The lowest BCUT2D eigenvalue weighted by Crippen LogP contribution is -2.51. The van der Waals surface area contributed by atoms with Gasteiger partial charge in [0.25, 0.3) is 0 Å². The van der Waals surface area contributed by atoms with Gasteiger partial charge in [0.1, 0.15) is 18.7 Å². The zero-order valence-corrected chi connectivity index (χ0v) is 16.1. The predicted molar refractivity (Wildman–Crippen MR) is 99.8 cm³/mol. The Labute approximate surface area is 160 Å². The quantitative estimate of drug-likeness (QED) is 0.739. The molecule has 7 nitrogen and oxygen atoms in total. The molecule has 0 bridgehead atoms. The molecule has 148 valence electrons. The molecule has 0 unspecified atom stereocenters. The van der Waals surface area contributed by atoms with E-state index in [9.17, 15) is 14.4 Å². The van der Waals surface area contributed by atoms with Gasteiger partial charge >= 0.3 is 12.1 Å². The molecule has 1 fully saturated rings. The fraction of sp³-hybridized carbons (Fsp3) is 0.550. The van der Waals surface area contributed by atoms with E-state index in [4.69, 9.17) is 9.47 Å². The number of rotatable bonds is 7. The number of esters is 1. The summed E-state index contributed by atoms with van der Waals surface area (Å²) in [7, 11) is 1.30. The van der Waals surface area contributed by atoms with Gasteiger partial charge in [-0.2, -0.15) is 0 Å². The Bertz CT molecular complexity index is 647. The molecule has 0 radical (unpaired) electrons. The Morgan fingerprint density at radius 2 is 1.93 bits per heavy atom. The predicted octanol–water partition coefficient (Wildman–Crippen LogP) is 2.49. The number of nitrogens with zero attached hydrogens (tertiary/aromatic N) is 1. The highest BCUT2D eigenvalue weighted by Gasteiger charge is 2.37. The molecule has 1 aromatic rings.